The van der Waals surface area contributed by atoms with Crippen LogP contribution in [0.25, 0.3) is 0 Å². The molecule has 0 aliphatic carbocycles. The van der Waals surface area contributed by atoms with Gasteiger partial charge in [0.1, 0.15) is 18.5 Å². The average molecular weight is 323 g/mol. The molecule has 0 spiro atoms. The first-order valence-corrected chi connectivity index (χ1v) is 7.18. The van der Waals surface area contributed by atoms with Gasteiger partial charge in [0.05, 0.1) is 18.4 Å². The Labute approximate surface area is 131 Å². The number of quaternary nitrogens is 1. The van der Waals surface area contributed by atoms with Crippen molar-refractivity contribution in [2.45, 2.75) is 18.6 Å². The number of likely N-dealkylation sites (tertiary alicyclic amines) is 1. The van der Waals surface area contributed by atoms with Crippen molar-refractivity contribution >= 4 is 23.3 Å². The second kappa shape index (κ2) is 5.71. The molecule has 2 aliphatic heterocycles. The van der Waals surface area contributed by atoms with Crippen LogP contribution in [0, 0.1) is 5.82 Å². The van der Waals surface area contributed by atoms with E-state index >= 15 is 0 Å². The van der Waals surface area contributed by atoms with Crippen molar-refractivity contribution in [1.29, 1.82) is 0 Å². The second-order valence-electron chi connectivity index (χ2n) is 5.71. The highest BCUT2D eigenvalue weighted by atomic mass is 19.1. The zero-order chi connectivity index (χ0) is 16.7. The molecule has 2 aliphatic rings. The Morgan fingerprint density at radius 2 is 2.22 bits per heavy atom. The van der Waals surface area contributed by atoms with Crippen LogP contribution in [0.15, 0.2) is 18.2 Å². The van der Waals surface area contributed by atoms with Gasteiger partial charge < -0.3 is 14.7 Å². The molecule has 0 aromatic heterocycles. The van der Waals surface area contributed by atoms with Crippen LogP contribution in [-0.2, 0) is 14.3 Å². The highest BCUT2D eigenvalue weighted by Crippen LogP contribution is 2.28. The van der Waals surface area contributed by atoms with E-state index in [1.54, 1.807) is 0 Å². The van der Waals surface area contributed by atoms with Crippen LogP contribution in [0.4, 0.5) is 10.1 Å². The standard InChI is InChI=1S/C15H15FN2O5/c1-23-15(22)12-5-9(19)6-17(12)7-18-11-3-2-8(16)4-10(11)13(20)14(18)21/h2-4,9,12,19H,5-7H2,1H3/p+1/t9-,12+/m1/s1. The number of hydrogen-bond acceptors (Lipinski definition) is 5. The number of ether oxygens (including phenoxy) is 1. The van der Waals surface area contributed by atoms with Crippen molar-refractivity contribution in [3.8, 4) is 0 Å². The number of ketones is 1. The summed E-state index contributed by atoms with van der Waals surface area (Å²) < 4.78 is 18.0. The van der Waals surface area contributed by atoms with Crippen molar-refractivity contribution in [3.63, 3.8) is 0 Å². The number of aliphatic hydroxyl groups is 1. The number of anilines is 1. The fraction of sp³-hybridized carbons (Fsp3) is 0.400. The summed E-state index contributed by atoms with van der Waals surface area (Å²) in [5.74, 6) is -2.60. The summed E-state index contributed by atoms with van der Waals surface area (Å²) in [5.41, 5.74) is 0.336. The highest BCUT2D eigenvalue weighted by molar-refractivity contribution is 6.52. The van der Waals surface area contributed by atoms with E-state index in [0.29, 0.717) is 10.6 Å². The zero-order valence-electron chi connectivity index (χ0n) is 12.4. The summed E-state index contributed by atoms with van der Waals surface area (Å²) in [7, 11) is 1.26. The molecule has 0 saturated carbocycles. The summed E-state index contributed by atoms with van der Waals surface area (Å²) in [4.78, 5) is 37.8. The lowest BCUT2D eigenvalue weighted by Gasteiger charge is -2.24. The first-order chi connectivity index (χ1) is 10.9. The average Bonchev–Trinajstić information content (AvgIpc) is 3.00. The third-order valence-corrected chi connectivity index (χ3v) is 4.28. The number of carbonyl (C=O) groups is 3. The number of methoxy groups -OCH3 is 1. The van der Waals surface area contributed by atoms with Crippen LogP contribution in [0.2, 0.25) is 0 Å². The molecule has 0 bridgehead atoms. The first kappa shape index (κ1) is 15.6. The number of aliphatic hydroxyl groups excluding tert-OH is 1. The lowest BCUT2D eigenvalue weighted by Crippen LogP contribution is -3.16. The molecule has 3 rings (SSSR count). The Bertz CT molecular complexity index is 692. The van der Waals surface area contributed by atoms with Crippen LogP contribution in [0.5, 0.6) is 0 Å². The minimum absolute atomic E-state index is 0.0174. The Hall–Kier alpha value is -2.32. The van der Waals surface area contributed by atoms with Crippen LogP contribution < -0.4 is 9.80 Å². The fourth-order valence-electron chi connectivity index (χ4n) is 3.18. The molecule has 23 heavy (non-hydrogen) atoms. The van der Waals surface area contributed by atoms with Gasteiger partial charge in [-0.1, -0.05) is 0 Å². The maximum absolute atomic E-state index is 13.3. The molecule has 1 aromatic carbocycles. The molecule has 1 amide bonds. The molecule has 1 unspecified atom stereocenters. The third kappa shape index (κ3) is 2.60. The summed E-state index contributed by atoms with van der Waals surface area (Å²) >= 11 is 0. The van der Waals surface area contributed by atoms with Gasteiger partial charge in [-0.15, -0.1) is 0 Å². The molecule has 0 radical (unpaired) electrons. The SMILES string of the molecule is COC(=O)[C@@H]1C[C@@H](O)C[NH+]1CN1C(=O)C(=O)c2cc(F)ccc21. The van der Waals surface area contributed by atoms with Crippen LogP contribution >= 0.6 is 0 Å². The van der Waals surface area contributed by atoms with Crippen molar-refractivity contribution in [2.75, 3.05) is 25.2 Å². The topological polar surface area (TPSA) is 88.3 Å². The Morgan fingerprint density at radius 3 is 2.91 bits per heavy atom. The molecule has 122 valence electrons. The van der Waals surface area contributed by atoms with Gasteiger partial charge in [0.15, 0.2) is 12.7 Å². The quantitative estimate of drug-likeness (QED) is 0.522. The fourth-order valence-corrected chi connectivity index (χ4v) is 3.18. The normalized spacial score (nSPS) is 26.6. The lowest BCUT2D eigenvalue weighted by atomic mass is 10.1. The van der Waals surface area contributed by atoms with Crippen LogP contribution in [0.3, 0.4) is 0 Å². The van der Waals surface area contributed by atoms with Gasteiger partial charge in [-0.2, -0.15) is 0 Å². The summed E-state index contributed by atoms with van der Waals surface area (Å²) in [5, 5.41) is 9.79. The molecule has 2 N–H and O–H groups in total. The van der Waals surface area contributed by atoms with Gasteiger partial charge in [-0.05, 0) is 18.2 Å². The summed E-state index contributed by atoms with van der Waals surface area (Å²) in [6.07, 6.45) is -0.455. The molecular formula is C15H16FN2O5+. The van der Waals surface area contributed by atoms with E-state index in [1.807, 2.05) is 0 Å². The van der Waals surface area contributed by atoms with Crippen LogP contribution in [0.1, 0.15) is 16.8 Å². The van der Waals surface area contributed by atoms with E-state index in [-0.39, 0.29) is 25.2 Å². The molecule has 1 saturated heterocycles. The number of hydrogen-bond donors (Lipinski definition) is 2. The number of esters is 1. The molecule has 8 heteroatoms. The number of nitrogens with one attached hydrogen (secondary N) is 1. The van der Waals surface area contributed by atoms with Gasteiger partial charge in [0.2, 0.25) is 0 Å². The van der Waals surface area contributed by atoms with E-state index < -0.39 is 35.6 Å². The van der Waals surface area contributed by atoms with Crippen molar-refractivity contribution in [2.24, 2.45) is 0 Å². The largest absolute Gasteiger partial charge is 0.465 e. The van der Waals surface area contributed by atoms with Gasteiger partial charge in [0.25, 0.3) is 5.78 Å². The summed E-state index contributed by atoms with van der Waals surface area (Å²) in [6, 6.07) is 2.96. The van der Waals surface area contributed by atoms with E-state index in [4.69, 9.17) is 4.74 Å². The minimum atomic E-state index is -0.770. The molecule has 7 nitrogen and oxygen atoms in total. The molecule has 2 heterocycles. The van der Waals surface area contributed by atoms with Gasteiger partial charge in [-0.3, -0.25) is 14.5 Å². The number of amides is 1. The first-order valence-electron chi connectivity index (χ1n) is 7.18. The van der Waals surface area contributed by atoms with Gasteiger partial charge in [0, 0.05) is 6.42 Å². The number of fused-ring (bicyclic) bond motifs is 1. The molecule has 1 aromatic rings. The maximum atomic E-state index is 13.3. The van der Waals surface area contributed by atoms with E-state index in [1.165, 1.54) is 24.1 Å². The smallest absolute Gasteiger partial charge is 0.364 e. The Balaban J connectivity index is 1.87. The molecule has 1 fully saturated rings. The highest BCUT2D eigenvalue weighted by Gasteiger charge is 2.45. The third-order valence-electron chi connectivity index (χ3n) is 4.28. The van der Waals surface area contributed by atoms with E-state index in [2.05, 4.69) is 0 Å². The van der Waals surface area contributed by atoms with Crippen LogP contribution in [-0.4, -0.2) is 55.2 Å². The Morgan fingerprint density at radius 1 is 1.48 bits per heavy atom. The number of carbonyl (C=O) groups excluding carboxylic acids is 3. The Kier molecular flexibility index (Phi) is 3.87. The summed E-state index contributed by atoms with van der Waals surface area (Å²) in [6.45, 7) is 0.286. The maximum Gasteiger partial charge on any atom is 0.364 e. The number of benzene rings is 1. The number of halogens is 1. The number of rotatable bonds is 3. The monoisotopic (exact) mass is 323 g/mol. The predicted octanol–water partition coefficient (Wildman–Crippen LogP) is -1.50. The van der Waals surface area contributed by atoms with Crippen molar-refractivity contribution < 1.29 is 33.5 Å². The second-order valence-corrected chi connectivity index (χ2v) is 5.71. The minimum Gasteiger partial charge on any atom is -0.465 e. The predicted molar refractivity (Wildman–Crippen MR) is 75.3 cm³/mol. The van der Waals surface area contributed by atoms with E-state index in [0.717, 1.165) is 6.07 Å². The molecular weight excluding hydrogens is 307 g/mol. The van der Waals surface area contributed by atoms with Gasteiger partial charge >= 0.3 is 11.9 Å². The van der Waals surface area contributed by atoms with Gasteiger partial charge in [-0.25, -0.2) is 9.18 Å². The van der Waals surface area contributed by atoms with Crippen molar-refractivity contribution in [1.82, 2.24) is 0 Å². The van der Waals surface area contributed by atoms with Crippen molar-refractivity contribution in [3.05, 3.63) is 29.6 Å². The number of Topliss-reactive ketones (excluding diaryl/α,β-unsaturated/α-hetero) is 1. The lowest BCUT2D eigenvalue weighted by molar-refractivity contribution is -0.903. The van der Waals surface area contributed by atoms with E-state index in [9.17, 15) is 23.9 Å². The zero-order valence-corrected chi connectivity index (χ0v) is 12.4. The molecule has 3 atom stereocenters. The number of nitrogens with zero attached hydrogens (tertiary/aromatic N) is 1.